The molecule has 1 aliphatic heterocycles. The number of hydrogen-bond acceptors (Lipinski definition) is 5. The topological polar surface area (TPSA) is 74.5 Å². The maximum Gasteiger partial charge on any atom is 0.291 e. The molecule has 0 radical (unpaired) electrons. The molecule has 136 valence electrons. The van der Waals surface area contributed by atoms with Crippen LogP contribution in [0.1, 0.15) is 12.0 Å². The Morgan fingerprint density at radius 3 is 2.85 bits per heavy atom. The van der Waals surface area contributed by atoms with E-state index >= 15 is 0 Å². The van der Waals surface area contributed by atoms with Crippen LogP contribution in [0.4, 0.5) is 5.69 Å². The Bertz CT molecular complexity index is 1020. The highest BCUT2D eigenvalue weighted by Gasteiger charge is 2.18. The van der Waals surface area contributed by atoms with E-state index < -0.39 is 4.92 Å². The maximum atomic E-state index is 11.2. The van der Waals surface area contributed by atoms with Gasteiger partial charge in [0.05, 0.1) is 22.6 Å². The van der Waals surface area contributed by atoms with Crippen LogP contribution < -0.4 is 9.47 Å². The number of aromatic nitrogens is 1. The van der Waals surface area contributed by atoms with Crippen molar-refractivity contribution in [3.8, 4) is 28.5 Å². The molecule has 0 unspecified atom stereocenters. The molecule has 0 aliphatic carbocycles. The van der Waals surface area contributed by atoms with Crippen molar-refractivity contribution in [2.75, 3.05) is 6.61 Å². The Morgan fingerprint density at radius 2 is 2.04 bits per heavy atom. The van der Waals surface area contributed by atoms with Gasteiger partial charge >= 0.3 is 0 Å². The zero-order chi connectivity index (χ0) is 18.8. The number of halogens is 1. The summed E-state index contributed by atoms with van der Waals surface area (Å²) in [5, 5.41) is 11.7. The molecule has 0 saturated heterocycles. The van der Waals surface area contributed by atoms with E-state index in [1.54, 1.807) is 24.3 Å². The molecule has 0 amide bonds. The van der Waals surface area contributed by atoms with E-state index in [4.69, 9.17) is 21.1 Å². The van der Waals surface area contributed by atoms with Gasteiger partial charge in [-0.15, -0.1) is 0 Å². The molecule has 7 heteroatoms. The molecule has 2 heterocycles. The first-order valence-corrected chi connectivity index (χ1v) is 8.82. The lowest BCUT2D eigenvalue weighted by Gasteiger charge is -2.18. The van der Waals surface area contributed by atoms with E-state index in [0.29, 0.717) is 28.6 Å². The molecule has 0 atom stereocenters. The van der Waals surface area contributed by atoms with Gasteiger partial charge in [-0.1, -0.05) is 29.8 Å². The molecule has 4 rings (SSSR count). The number of ether oxygens (including phenoxy) is 2. The summed E-state index contributed by atoms with van der Waals surface area (Å²) in [6, 6.07) is 14.0. The number of nitro groups is 1. The molecule has 0 spiro atoms. The van der Waals surface area contributed by atoms with Gasteiger partial charge in [0.25, 0.3) is 5.69 Å². The van der Waals surface area contributed by atoms with E-state index in [9.17, 15) is 10.1 Å². The number of benzene rings is 2. The Kier molecular flexibility index (Phi) is 4.64. The fraction of sp³-hybridized carbons (Fsp3) is 0.150. The van der Waals surface area contributed by atoms with Gasteiger partial charge in [0.2, 0.25) is 0 Å². The molecular formula is C20H15ClN2O4. The van der Waals surface area contributed by atoms with E-state index in [0.717, 1.165) is 24.2 Å². The molecule has 0 saturated carbocycles. The number of rotatable bonds is 4. The lowest BCUT2D eigenvalue weighted by molar-refractivity contribution is -0.385. The third-order valence-corrected chi connectivity index (χ3v) is 4.62. The quantitative estimate of drug-likeness (QED) is 0.444. The molecule has 0 N–H and O–H groups in total. The van der Waals surface area contributed by atoms with Crippen LogP contribution in [0.25, 0.3) is 11.3 Å². The molecule has 27 heavy (non-hydrogen) atoms. The van der Waals surface area contributed by atoms with Crippen molar-refractivity contribution in [1.29, 1.82) is 0 Å². The highest BCUT2D eigenvalue weighted by molar-refractivity contribution is 6.33. The Labute approximate surface area is 160 Å². The average Bonchev–Trinajstić information content (AvgIpc) is 2.68. The summed E-state index contributed by atoms with van der Waals surface area (Å²) in [5.41, 5.74) is 1.99. The van der Waals surface area contributed by atoms with Crippen molar-refractivity contribution in [1.82, 2.24) is 4.98 Å². The van der Waals surface area contributed by atoms with Crippen molar-refractivity contribution < 1.29 is 14.4 Å². The van der Waals surface area contributed by atoms with E-state index in [1.807, 2.05) is 18.2 Å². The molecular weight excluding hydrogens is 368 g/mol. The van der Waals surface area contributed by atoms with Crippen molar-refractivity contribution in [2.45, 2.75) is 12.8 Å². The predicted molar refractivity (Wildman–Crippen MR) is 102 cm³/mol. The van der Waals surface area contributed by atoms with Crippen LogP contribution in [0.15, 0.2) is 54.7 Å². The number of pyridine rings is 1. The monoisotopic (exact) mass is 382 g/mol. The minimum absolute atomic E-state index is 0.151. The number of nitrogens with zero attached hydrogens (tertiary/aromatic N) is 2. The van der Waals surface area contributed by atoms with Gasteiger partial charge in [-0.05, 0) is 42.7 Å². The average molecular weight is 383 g/mol. The number of fused-ring (bicyclic) bond motifs is 1. The predicted octanol–water partition coefficient (Wildman–Crippen LogP) is 5.43. The van der Waals surface area contributed by atoms with E-state index in [1.165, 1.54) is 12.3 Å². The van der Waals surface area contributed by atoms with E-state index in [2.05, 4.69) is 4.98 Å². The minimum Gasteiger partial charge on any atom is -0.493 e. The Hall–Kier alpha value is -3.12. The summed E-state index contributed by atoms with van der Waals surface area (Å²) < 4.78 is 11.6. The van der Waals surface area contributed by atoms with Crippen molar-refractivity contribution in [3.05, 3.63) is 75.4 Å². The zero-order valence-electron chi connectivity index (χ0n) is 14.2. The molecule has 6 nitrogen and oxygen atoms in total. The molecule has 0 bridgehead atoms. The maximum absolute atomic E-state index is 11.2. The number of aryl methyl sites for hydroxylation is 1. The normalized spacial score (nSPS) is 12.8. The van der Waals surface area contributed by atoms with Crippen LogP contribution in [0.5, 0.6) is 17.2 Å². The minimum atomic E-state index is -0.503. The summed E-state index contributed by atoms with van der Waals surface area (Å²) in [5.74, 6) is 1.68. The van der Waals surface area contributed by atoms with Gasteiger partial charge in [-0.25, -0.2) is 4.98 Å². The summed E-state index contributed by atoms with van der Waals surface area (Å²) in [6.45, 7) is 0.707. The van der Waals surface area contributed by atoms with Crippen LogP contribution in [-0.4, -0.2) is 16.5 Å². The van der Waals surface area contributed by atoms with E-state index in [-0.39, 0.29) is 11.4 Å². The summed E-state index contributed by atoms with van der Waals surface area (Å²) in [6.07, 6.45) is 3.04. The second-order valence-corrected chi connectivity index (χ2v) is 6.51. The molecule has 3 aromatic rings. The van der Waals surface area contributed by atoms with Gasteiger partial charge < -0.3 is 9.47 Å². The van der Waals surface area contributed by atoms with Crippen molar-refractivity contribution >= 4 is 17.3 Å². The third-order valence-electron chi connectivity index (χ3n) is 4.29. The third kappa shape index (κ3) is 3.57. The van der Waals surface area contributed by atoms with Crippen LogP contribution >= 0.6 is 11.6 Å². The zero-order valence-corrected chi connectivity index (χ0v) is 15.0. The highest BCUT2D eigenvalue weighted by Crippen LogP contribution is 2.38. The lowest BCUT2D eigenvalue weighted by atomic mass is 10.1. The fourth-order valence-corrected chi connectivity index (χ4v) is 3.22. The first-order chi connectivity index (χ1) is 13.1. The molecule has 2 aromatic carbocycles. The van der Waals surface area contributed by atoms with Gasteiger partial charge in [-0.2, -0.15) is 0 Å². The van der Waals surface area contributed by atoms with Crippen LogP contribution in [0, 0.1) is 10.1 Å². The summed E-state index contributed by atoms with van der Waals surface area (Å²) in [4.78, 5) is 14.9. The first kappa shape index (κ1) is 17.3. The Morgan fingerprint density at radius 1 is 1.19 bits per heavy atom. The molecule has 1 aromatic heterocycles. The van der Waals surface area contributed by atoms with Crippen LogP contribution in [-0.2, 0) is 6.42 Å². The van der Waals surface area contributed by atoms with Crippen LogP contribution in [0.2, 0.25) is 5.02 Å². The largest absolute Gasteiger partial charge is 0.493 e. The molecule has 1 aliphatic rings. The summed E-state index contributed by atoms with van der Waals surface area (Å²) >= 11 is 6.28. The fourth-order valence-electron chi connectivity index (χ4n) is 2.99. The van der Waals surface area contributed by atoms with Crippen molar-refractivity contribution in [3.63, 3.8) is 0 Å². The first-order valence-electron chi connectivity index (χ1n) is 8.45. The lowest BCUT2D eigenvalue weighted by Crippen LogP contribution is -2.08. The van der Waals surface area contributed by atoms with Gasteiger partial charge in [0.1, 0.15) is 23.4 Å². The van der Waals surface area contributed by atoms with Crippen LogP contribution in [0.3, 0.4) is 0 Å². The molecule has 0 fully saturated rings. The van der Waals surface area contributed by atoms with Gasteiger partial charge in [0, 0.05) is 5.56 Å². The second-order valence-electron chi connectivity index (χ2n) is 6.10. The summed E-state index contributed by atoms with van der Waals surface area (Å²) in [7, 11) is 0. The standard InChI is InChI=1S/C20H15ClN2O4/c21-17-6-2-1-5-16(17)20-19(11-14(12-22-20)23(24)25)27-15-7-8-18-13(10-15)4-3-9-26-18/h1-2,5-8,10-12H,3-4,9H2. The Balaban J connectivity index is 1.77. The van der Waals surface area contributed by atoms with Gasteiger partial charge in [-0.3, -0.25) is 10.1 Å². The second kappa shape index (κ2) is 7.25. The highest BCUT2D eigenvalue weighted by atomic mass is 35.5. The number of hydrogen-bond donors (Lipinski definition) is 0. The smallest absolute Gasteiger partial charge is 0.291 e. The SMILES string of the molecule is O=[N+]([O-])c1cnc(-c2ccccc2Cl)c(Oc2ccc3c(c2)CCCO3)c1. The van der Waals surface area contributed by atoms with Gasteiger partial charge in [0.15, 0.2) is 5.75 Å². The van der Waals surface area contributed by atoms with Crippen molar-refractivity contribution in [2.24, 2.45) is 0 Å².